The molecule has 0 aliphatic heterocycles. The van der Waals surface area contributed by atoms with E-state index >= 15 is 0 Å². The van der Waals surface area contributed by atoms with Crippen molar-refractivity contribution in [2.24, 2.45) is 0 Å². The minimum Gasteiger partial charge on any atom is -0.479 e. The first-order valence-corrected chi connectivity index (χ1v) is 5.17. The summed E-state index contributed by atoms with van der Waals surface area (Å²) < 4.78 is 13.5. The molecule has 0 fully saturated rings. The Kier molecular flexibility index (Phi) is 4.20. The summed E-state index contributed by atoms with van der Waals surface area (Å²) >= 11 is 5.53. The van der Waals surface area contributed by atoms with Crippen molar-refractivity contribution in [1.29, 1.82) is 0 Å². The molecule has 0 bridgehead atoms. The number of rotatable bonds is 4. The lowest BCUT2D eigenvalue weighted by Gasteiger charge is -2.08. The van der Waals surface area contributed by atoms with Crippen LogP contribution in [0.4, 0.5) is 4.39 Å². The number of aliphatic carboxylic acids is 1. The van der Waals surface area contributed by atoms with Gasteiger partial charge in [0.1, 0.15) is 5.82 Å². The van der Waals surface area contributed by atoms with Crippen molar-refractivity contribution in [2.75, 3.05) is 0 Å². The molecule has 1 aromatic carbocycles. The zero-order chi connectivity index (χ0) is 13.2. The predicted molar refractivity (Wildman–Crippen MR) is 58.6 cm³/mol. The highest BCUT2D eigenvalue weighted by Gasteiger charge is 2.21. The number of benzene rings is 1. The van der Waals surface area contributed by atoms with Crippen LogP contribution in [0, 0.1) is 5.82 Å². The summed E-state index contributed by atoms with van der Waals surface area (Å²) in [5.41, 5.74) is -0.359. The highest BCUT2D eigenvalue weighted by Crippen LogP contribution is 2.19. The summed E-state index contributed by atoms with van der Waals surface area (Å²) in [6.07, 6.45) is -1.82. The van der Waals surface area contributed by atoms with Crippen molar-refractivity contribution in [2.45, 2.75) is 18.4 Å². The number of aliphatic hydroxyl groups is 1. The molecule has 0 aromatic heterocycles. The van der Waals surface area contributed by atoms with Gasteiger partial charge in [-0.15, -0.1) is 11.6 Å². The van der Waals surface area contributed by atoms with E-state index in [4.69, 9.17) is 16.7 Å². The minimum atomic E-state index is -1.82. The molecule has 0 radical (unpaired) electrons. The first kappa shape index (κ1) is 13.6. The van der Waals surface area contributed by atoms with Crippen LogP contribution in [-0.4, -0.2) is 27.3 Å². The molecule has 6 heteroatoms. The molecule has 0 aliphatic carbocycles. The van der Waals surface area contributed by atoms with Crippen molar-refractivity contribution in [1.82, 2.24) is 0 Å². The Labute approximate surface area is 102 Å². The SMILES string of the molecule is CC(Cl)C(=O)c1ccc(C(O)C(=O)O)cc1F. The third-order valence-corrected chi connectivity index (χ3v) is 2.37. The number of ketones is 1. The Bertz CT molecular complexity index is 459. The molecule has 2 unspecified atom stereocenters. The second kappa shape index (κ2) is 5.25. The topological polar surface area (TPSA) is 74.6 Å². The first-order valence-electron chi connectivity index (χ1n) is 4.73. The van der Waals surface area contributed by atoms with E-state index in [1.165, 1.54) is 13.0 Å². The summed E-state index contributed by atoms with van der Waals surface area (Å²) in [5.74, 6) is -2.99. The number of carboxylic acid groups (broad SMARTS) is 1. The fourth-order valence-corrected chi connectivity index (χ4v) is 1.38. The first-order chi connectivity index (χ1) is 7.84. The van der Waals surface area contributed by atoms with E-state index < -0.39 is 29.1 Å². The van der Waals surface area contributed by atoms with Crippen molar-refractivity contribution in [3.63, 3.8) is 0 Å². The van der Waals surface area contributed by atoms with Gasteiger partial charge in [0.2, 0.25) is 0 Å². The summed E-state index contributed by atoms with van der Waals surface area (Å²) in [7, 11) is 0. The number of halogens is 2. The van der Waals surface area contributed by atoms with Crippen molar-refractivity contribution in [3.05, 3.63) is 35.1 Å². The average molecular weight is 261 g/mol. The summed E-state index contributed by atoms with van der Waals surface area (Å²) in [6.45, 7) is 1.41. The molecule has 0 amide bonds. The Morgan fingerprint density at radius 3 is 2.41 bits per heavy atom. The predicted octanol–water partition coefficient (Wildman–Crippen LogP) is 1.75. The van der Waals surface area contributed by atoms with Gasteiger partial charge in [0, 0.05) is 0 Å². The number of Topliss-reactive ketones (excluding diaryl/α,β-unsaturated/α-hetero) is 1. The van der Waals surface area contributed by atoms with E-state index in [0.717, 1.165) is 12.1 Å². The molecule has 4 nitrogen and oxygen atoms in total. The van der Waals surface area contributed by atoms with E-state index in [9.17, 15) is 19.1 Å². The van der Waals surface area contributed by atoms with Crippen LogP contribution in [0.3, 0.4) is 0 Å². The average Bonchev–Trinajstić information content (AvgIpc) is 2.26. The molecule has 2 atom stereocenters. The van der Waals surface area contributed by atoms with Gasteiger partial charge in [-0.05, 0) is 24.6 Å². The van der Waals surface area contributed by atoms with E-state index in [2.05, 4.69) is 0 Å². The number of carbonyl (C=O) groups is 2. The highest BCUT2D eigenvalue weighted by molar-refractivity contribution is 6.33. The van der Waals surface area contributed by atoms with Crippen LogP contribution >= 0.6 is 11.6 Å². The molecule has 2 N–H and O–H groups in total. The van der Waals surface area contributed by atoms with Gasteiger partial charge in [-0.2, -0.15) is 0 Å². The van der Waals surface area contributed by atoms with E-state index in [1.807, 2.05) is 0 Å². The molecule has 0 spiro atoms. The van der Waals surface area contributed by atoms with Gasteiger partial charge >= 0.3 is 5.97 Å². The molecule has 0 heterocycles. The second-order valence-electron chi connectivity index (χ2n) is 3.46. The number of hydrogen-bond acceptors (Lipinski definition) is 3. The van der Waals surface area contributed by atoms with Gasteiger partial charge in [0.05, 0.1) is 10.9 Å². The molecule has 0 aliphatic rings. The molecule has 1 aromatic rings. The maximum atomic E-state index is 13.5. The number of alkyl halides is 1. The fourth-order valence-electron chi connectivity index (χ4n) is 1.26. The number of carboxylic acids is 1. The van der Waals surface area contributed by atoms with Crippen molar-refractivity contribution in [3.8, 4) is 0 Å². The molecule has 1 rings (SSSR count). The summed E-state index contributed by atoms with van der Waals surface area (Å²) in [6, 6.07) is 3.09. The normalized spacial score (nSPS) is 14.1. The number of hydrogen-bond donors (Lipinski definition) is 2. The Balaban J connectivity index is 3.10. The van der Waals surface area contributed by atoms with Gasteiger partial charge in [-0.1, -0.05) is 6.07 Å². The van der Waals surface area contributed by atoms with E-state index in [-0.39, 0.29) is 11.1 Å². The van der Waals surface area contributed by atoms with Crippen LogP contribution in [0.2, 0.25) is 0 Å². The fraction of sp³-hybridized carbons (Fsp3) is 0.273. The summed E-state index contributed by atoms with van der Waals surface area (Å²) in [5, 5.41) is 16.8. The standard InChI is InChI=1S/C11H10ClFO4/c1-5(12)9(14)7-3-2-6(4-8(7)13)10(15)11(16)17/h2-5,10,15H,1H3,(H,16,17). The number of carbonyl (C=O) groups excluding carboxylic acids is 1. The largest absolute Gasteiger partial charge is 0.479 e. The zero-order valence-electron chi connectivity index (χ0n) is 8.85. The van der Waals surface area contributed by atoms with Gasteiger partial charge in [-0.25, -0.2) is 9.18 Å². The van der Waals surface area contributed by atoms with E-state index in [0.29, 0.717) is 0 Å². The van der Waals surface area contributed by atoms with Crippen LogP contribution in [0.25, 0.3) is 0 Å². The molecule has 17 heavy (non-hydrogen) atoms. The lowest BCUT2D eigenvalue weighted by molar-refractivity contribution is -0.146. The van der Waals surface area contributed by atoms with E-state index in [1.54, 1.807) is 0 Å². The Morgan fingerprint density at radius 2 is 2.00 bits per heavy atom. The maximum absolute atomic E-state index is 13.5. The van der Waals surface area contributed by atoms with Crippen LogP contribution in [0.1, 0.15) is 28.9 Å². The van der Waals surface area contributed by atoms with Gasteiger partial charge in [0.25, 0.3) is 0 Å². The molecule has 92 valence electrons. The smallest absolute Gasteiger partial charge is 0.337 e. The maximum Gasteiger partial charge on any atom is 0.337 e. The highest BCUT2D eigenvalue weighted by atomic mass is 35.5. The number of aliphatic hydroxyl groups excluding tert-OH is 1. The summed E-state index contributed by atoms with van der Waals surface area (Å²) in [4.78, 5) is 21.9. The third-order valence-electron chi connectivity index (χ3n) is 2.17. The molecular weight excluding hydrogens is 251 g/mol. The molecule has 0 saturated heterocycles. The lowest BCUT2D eigenvalue weighted by Crippen LogP contribution is -2.15. The second-order valence-corrected chi connectivity index (χ2v) is 4.11. The van der Waals surface area contributed by atoms with Crippen LogP contribution < -0.4 is 0 Å². The quantitative estimate of drug-likeness (QED) is 0.639. The van der Waals surface area contributed by atoms with Crippen molar-refractivity contribution >= 4 is 23.4 Å². The van der Waals surface area contributed by atoms with Crippen LogP contribution in [0.15, 0.2) is 18.2 Å². The van der Waals surface area contributed by atoms with Gasteiger partial charge in [0.15, 0.2) is 11.9 Å². The van der Waals surface area contributed by atoms with Gasteiger partial charge in [-0.3, -0.25) is 4.79 Å². The Hall–Kier alpha value is -1.46. The molecule has 0 saturated carbocycles. The van der Waals surface area contributed by atoms with Crippen LogP contribution in [0.5, 0.6) is 0 Å². The lowest BCUT2D eigenvalue weighted by atomic mass is 10.0. The monoisotopic (exact) mass is 260 g/mol. The van der Waals surface area contributed by atoms with Crippen LogP contribution in [-0.2, 0) is 4.79 Å². The third kappa shape index (κ3) is 3.01. The zero-order valence-corrected chi connectivity index (χ0v) is 9.61. The van der Waals surface area contributed by atoms with Crippen molar-refractivity contribution < 1.29 is 24.2 Å². The minimum absolute atomic E-state index is 0.131. The van der Waals surface area contributed by atoms with Gasteiger partial charge < -0.3 is 10.2 Å². The molecular formula is C11H10ClFO4. The Morgan fingerprint density at radius 1 is 1.41 bits per heavy atom.